The molecule has 0 bridgehead atoms. The van der Waals surface area contributed by atoms with E-state index in [4.69, 9.17) is 4.74 Å². The Balaban J connectivity index is 2.59. The predicted octanol–water partition coefficient (Wildman–Crippen LogP) is 2.83. The summed E-state index contributed by atoms with van der Waals surface area (Å²) in [5.74, 6) is 0.745. The van der Waals surface area contributed by atoms with E-state index in [0.29, 0.717) is 12.3 Å². The van der Waals surface area contributed by atoms with Crippen LogP contribution in [0.25, 0.3) is 0 Å². The van der Waals surface area contributed by atoms with Gasteiger partial charge in [-0.3, -0.25) is 0 Å². The number of rotatable bonds is 5. The molecular weight excluding hydrogens is 178 g/mol. The first-order valence-electron chi connectivity index (χ1n) is 4.67. The lowest BCUT2D eigenvalue weighted by Gasteiger charge is -2.04. The van der Waals surface area contributed by atoms with E-state index in [9.17, 15) is 4.79 Å². The molecule has 74 valence electrons. The molecule has 0 aromatic heterocycles. The summed E-state index contributed by atoms with van der Waals surface area (Å²) in [6.45, 7) is 2.81. The molecule has 0 saturated heterocycles. The highest BCUT2D eigenvalue weighted by Crippen LogP contribution is 2.19. The van der Waals surface area contributed by atoms with Gasteiger partial charge in [-0.2, -0.15) is 4.99 Å². The molecule has 0 unspecified atom stereocenters. The summed E-state index contributed by atoms with van der Waals surface area (Å²) in [5, 5.41) is 0. The third-order valence-electron chi connectivity index (χ3n) is 1.76. The average Bonchev–Trinajstić information content (AvgIpc) is 2.19. The number of benzene rings is 1. The molecule has 0 spiro atoms. The van der Waals surface area contributed by atoms with Crippen LogP contribution in [0.4, 0.5) is 5.69 Å². The average molecular weight is 191 g/mol. The summed E-state index contributed by atoms with van der Waals surface area (Å²) < 4.78 is 5.44. The van der Waals surface area contributed by atoms with E-state index in [1.807, 2.05) is 6.07 Å². The van der Waals surface area contributed by atoms with E-state index >= 15 is 0 Å². The molecule has 0 atom stereocenters. The molecule has 14 heavy (non-hydrogen) atoms. The van der Waals surface area contributed by atoms with Gasteiger partial charge in [0, 0.05) is 6.07 Å². The van der Waals surface area contributed by atoms with Crippen molar-refractivity contribution in [3.8, 4) is 5.75 Å². The maximum absolute atomic E-state index is 10.0. The van der Waals surface area contributed by atoms with E-state index in [-0.39, 0.29) is 0 Å². The topological polar surface area (TPSA) is 38.7 Å². The number of aliphatic imine (C=N–C) groups is 1. The zero-order valence-electron chi connectivity index (χ0n) is 8.19. The molecule has 0 N–H and O–H groups in total. The minimum absolute atomic E-state index is 0.578. The molecule has 0 amide bonds. The Labute approximate surface area is 83.4 Å². The third kappa shape index (κ3) is 3.42. The van der Waals surface area contributed by atoms with Gasteiger partial charge in [0.25, 0.3) is 0 Å². The second-order valence-electron chi connectivity index (χ2n) is 2.90. The van der Waals surface area contributed by atoms with E-state index in [0.717, 1.165) is 18.6 Å². The predicted molar refractivity (Wildman–Crippen MR) is 54.6 cm³/mol. The van der Waals surface area contributed by atoms with Gasteiger partial charge >= 0.3 is 0 Å². The number of isocyanates is 1. The molecule has 0 aliphatic carbocycles. The van der Waals surface area contributed by atoms with Crippen LogP contribution in [-0.2, 0) is 4.79 Å². The Morgan fingerprint density at radius 1 is 1.50 bits per heavy atom. The van der Waals surface area contributed by atoms with Crippen LogP contribution in [-0.4, -0.2) is 12.7 Å². The van der Waals surface area contributed by atoms with Gasteiger partial charge in [-0.05, 0) is 18.6 Å². The maximum atomic E-state index is 10.0. The Kier molecular flexibility index (Phi) is 4.45. The fourth-order valence-corrected chi connectivity index (χ4v) is 1.03. The van der Waals surface area contributed by atoms with E-state index in [1.165, 1.54) is 6.08 Å². The van der Waals surface area contributed by atoms with Crippen LogP contribution in [0.3, 0.4) is 0 Å². The zero-order valence-corrected chi connectivity index (χ0v) is 8.19. The smallest absolute Gasteiger partial charge is 0.240 e. The lowest BCUT2D eigenvalue weighted by Crippen LogP contribution is -1.95. The summed E-state index contributed by atoms with van der Waals surface area (Å²) in [4.78, 5) is 13.5. The molecule has 1 rings (SSSR count). The third-order valence-corrected chi connectivity index (χ3v) is 1.76. The number of nitrogens with zero attached hydrogens (tertiary/aromatic N) is 1. The summed E-state index contributed by atoms with van der Waals surface area (Å²) in [7, 11) is 0. The van der Waals surface area contributed by atoms with Crippen molar-refractivity contribution in [3.63, 3.8) is 0 Å². The van der Waals surface area contributed by atoms with Crippen LogP contribution in [0.2, 0.25) is 0 Å². The van der Waals surface area contributed by atoms with Gasteiger partial charge in [0.15, 0.2) is 0 Å². The van der Waals surface area contributed by atoms with E-state index in [1.54, 1.807) is 18.2 Å². The van der Waals surface area contributed by atoms with Crippen molar-refractivity contribution in [2.45, 2.75) is 19.8 Å². The van der Waals surface area contributed by atoms with Crippen molar-refractivity contribution in [1.29, 1.82) is 0 Å². The first kappa shape index (κ1) is 10.5. The van der Waals surface area contributed by atoms with Crippen LogP contribution in [0, 0.1) is 0 Å². The zero-order chi connectivity index (χ0) is 10.2. The maximum Gasteiger partial charge on any atom is 0.240 e. The molecule has 0 heterocycles. The van der Waals surface area contributed by atoms with Crippen LogP contribution in [0.5, 0.6) is 5.75 Å². The van der Waals surface area contributed by atoms with Gasteiger partial charge < -0.3 is 4.74 Å². The van der Waals surface area contributed by atoms with Gasteiger partial charge in [-0.15, -0.1) is 0 Å². The lowest BCUT2D eigenvalue weighted by molar-refractivity contribution is 0.309. The molecule has 0 aliphatic heterocycles. The van der Waals surface area contributed by atoms with Gasteiger partial charge in [0.05, 0.1) is 12.3 Å². The summed E-state index contributed by atoms with van der Waals surface area (Å²) in [6, 6.07) is 7.11. The van der Waals surface area contributed by atoms with Crippen molar-refractivity contribution >= 4 is 11.8 Å². The van der Waals surface area contributed by atoms with Crippen LogP contribution >= 0.6 is 0 Å². The minimum Gasteiger partial charge on any atom is -0.494 e. The molecule has 0 fully saturated rings. The molecule has 3 nitrogen and oxygen atoms in total. The Hall–Kier alpha value is -1.60. The van der Waals surface area contributed by atoms with Crippen molar-refractivity contribution < 1.29 is 9.53 Å². The highest BCUT2D eigenvalue weighted by atomic mass is 16.5. The fourth-order valence-electron chi connectivity index (χ4n) is 1.03. The second-order valence-corrected chi connectivity index (χ2v) is 2.90. The Bertz CT molecular complexity index is 330. The molecule has 1 aromatic rings. The number of hydrogen-bond acceptors (Lipinski definition) is 3. The summed E-state index contributed by atoms with van der Waals surface area (Å²) in [5.41, 5.74) is 0.578. The molecular formula is C11H13NO2. The number of hydrogen-bond donors (Lipinski definition) is 0. The van der Waals surface area contributed by atoms with E-state index in [2.05, 4.69) is 11.9 Å². The quantitative estimate of drug-likeness (QED) is 0.408. The van der Waals surface area contributed by atoms with Gasteiger partial charge in [0.1, 0.15) is 5.75 Å². The molecule has 0 aliphatic rings. The summed E-state index contributed by atoms with van der Waals surface area (Å²) >= 11 is 0. The largest absolute Gasteiger partial charge is 0.494 e. The molecule has 0 saturated carbocycles. The lowest BCUT2D eigenvalue weighted by atomic mass is 10.3. The number of carbonyl (C=O) groups excluding carboxylic acids is 1. The van der Waals surface area contributed by atoms with E-state index < -0.39 is 0 Å². The first-order chi connectivity index (χ1) is 6.86. The van der Waals surface area contributed by atoms with Crippen LogP contribution in [0.15, 0.2) is 29.3 Å². The normalized spacial score (nSPS) is 9.21. The van der Waals surface area contributed by atoms with Gasteiger partial charge in [-0.25, -0.2) is 4.79 Å². The van der Waals surface area contributed by atoms with Crippen molar-refractivity contribution in [2.75, 3.05) is 6.61 Å². The molecule has 1 aromatic carbocycles. The van der Waals surface area contributed by atoms with Crippen molar-refractivity contribution in [2.24, 2.45) is 4.99 Å². The Morgan fingerprint density at radius 3 is 3.07 bits per heavy atom. The SMILES string of the molecule is CCCCOc1cccc(N=C=O)c1. The van der Waals surface area contributed by atoms with Crippen LogP contribution in [0.1, 0.15) is 19.8 Å². The standard InChI is InChI=1S/C11H13NO2/c1-2-3-7-14-11-6-4-5-10(8-11)12-9-13/h4-6,8H,2-3,7H2,1H3. The first-order valence-corrected chi connectivity index (χ1v) is 4.67. The number of unbranched alkanes of at least 4 members (excludes halogenated alkanes) is 1. The molecule has 0 radical (unpaired) electrons. The highest BCUT2D eigenvalue weighted by Gasteiger charge is 1.94. The second kappa shape index (κ2) is 5.95. The number of ether oxygens (including phenoxy) is 1. The van der Waals surface area contributed by atoms with Gasteiger partial charge in [0.2, 0.25) is 6.08 Å². The van der Waals surface area contributed by atoms with Crippen molar-refractivity contribution in [1.82, 2.24) is 0 Å². The van der Waals surface area contributed by atoms with Crippen molar-refractivity contribution in [3.05, 3.63) is 24.3 Å². The summed E-state index contributed by atoms with van der Waals surface area (Å²) in [6.07, 6.45) is 3.63. The Morgan fingerprint density at radius 2 is 2.36 bits per heavy atom. The minimum atomic E-state index is 0.578. The van der Waals surface area contributed by atoms with Gasteiger partial charge in [-0.1, -0.05) is 19.4 Å². The molecule has 3 heteroatoms. The highest BCUT2D eigenvalue weighted by molar-refractivity contribution is 5.51. The fraction of sp³-hybridized carbons (Fsp3) is 0.364. The van der Waals surface area contributed by atoms with Crippen LogP contribution < -0.4 is 4.74 Å². The monoisotopic (exact) mass is 191 g/mol.